The largest absolute Gasteiger partial charge is 0.494 e. The summed E-state index contributed by atoms with van der Waals surface area (Å²) in [5.41, 5.74) is 6.06. The van der Waals surface area contributed by atoms with E-state index in [2.05, 4.69) is 105 Å². The molecule has 0 aromatic heterocycles. The molecule has 39 heavy (non-hydrogen) atoms. The van der Waals surface area contributed by atoms with Crippen LogP contribution < -0.4 is 15.5 Å². The predicted molar refractivity (Wildman–Crippen MR) is 157 cm³/mol. The van der Waals surface area contributed by atoms with E-state index in [4.69, 9.17) is 14.0 Å². The Hall–Kier alpha value is -3.55. The van der Waals surface area contributed by atoms with Gasteiger partial charge in [0.25, 0.3) is 0 Å². The third-order valence-corrected chi connectivity index (χ3v) is 7.47. The summed E-state index contributed by atoms with van der Waals surface area (Å²) in [6, 6.07) is 27.1. The summed E-state index contributed by atoms with van der Waals surface area (Å²) < 4.78 is 22.9. The molecule has 6 nitrogen and oxygen atoms in total. The van der Waals surface area contributed by atoms with Crippen molar-refractivity contribution in [2.24, 2.45) is 0 Å². The summed E-state index contributed by atoms with van der Waals surface area (Å²) in [5.74, 6) is 0.735. The van der Waals surface area contributed by atoms with Crippen molar-refractivity contribution in [3.05, 3.63) is 95.6 Å². The summed E-state index contributed by atoms with van der Waals surface area (Å²) in [7, 11) is 0.937. The van der Waals surface area contributed by atoms with Crippen LogP contribution in [-0.2, 0) is 14.0 Å². The first kappa shape index (κ1) is 28.5. The molecule has 0 unspecified atom stereocenters. The summed E-state index contributed by atoms with van der Waals surface area (Å²) >= 11 is 0. The third kappa shape index (κ3) is 6.55. The highest BCUT2D eigenvalue weighted by molar-refractivity contribution is 6.62. The molecule has 1 heterocycles. The quantitative estimate of drug-likeness (QED) is 0.207. The van der Waals surface area contributed by atoms with Gasteiger partial charge in [-0.15, -0.1) is 0 Å². The number of hydrogen-bond acceptors (Lipinski definition) is 5. The normalized spacial score (nSPS) is 16.4. The molecule has 3 aromatic rings. The van der Waals surface area contributed by atoms with Gasteiger partial charge in [-0.25, -0.2) is 4.79 Å². The highest BCUT2D eigenvalue weighted by atomic mass is 16.7. The maximum atomic E-state index is 11.2. The van der Waals surface area contributed by atoms with Crippen molar-refractivity contribution >= 4 is 29.8 Å². The maximum absolute atomic E-state index is 11.2. The van der Waals surface area contributed by atoms with E-state index in [1.807, 2.05) is 18.2 Å². The molecule has 4 rings (SSSR count). The van der Waals surface area contributed by atoms with E-state index >= 15 is 0 Å². The molecule has 0 atom stereocenters. The van der Waals surface area contributed by atoms with E-state index in [1.165, 1.54) is 23.8 Å². The van der Waals surface area contributed by atoms with Crippen LogP contribution in [-0.4, -0.2) is 44.7 Å². The Labute approximate surface area is 232 Å². The maximum Gasteiger partial charge on any atom is 0.494 e. The van der Waals surface area contributed by atoms with Crippen molar-refractivity contribution in [3.63, 3.8) is 0 Å². The van der Waals surface area contributed by atoms with Crippen LogP contribution in [0.2, 0.25) is 0 Å². The van der Waals surface area contributed by atoms with Crippen LogP contribution in [0, 0.1) is 0 Å². The van der Waals surface area contributed by atoms with Crippen molar-refractivity contribution in [1.29, 1.82) is 0 Å². The van der Waals surface area contributed by atoms with Gasteiger partial charge in [-0.2, -0.15) is 0 Å². The third-order valence-electron chi connectivity index (χ3n) is 7.47. The Kier molecular flexibility index (Phi) is 8.83. The lowest BCUT2D eigenvalue weighted by Crippen LogP contribution is -2.41. The van der Waals surface area contributed by atoms with Gasteiger partial charge in [0.2, 0.25) is 0 Å². The molecule has 7 heteroatoms. The van der Waals surface area contributed by atoms with Crippen molar-refractivity contribution in [1.82, 2.24) is 5.32 Å². The van der Waals surface area contributed by atoms with Gasteiger partial charge in [0.05, 0.1) is 24.9 Å². The highest BCUT2D eigenvalue weighted by Crippen LogP contribution is 2.37. The van der Waals surface area contributed by atoms with E-state index in [0.717, 1.165) is 28.8 Å². The predicted octanol–water partition coefficient (Wildman–Crippen LogP) is 6.09. The second kappa shape index (κ2) is 12.1. The minimum Gasteiger partial charge on any atom is -0.492 e. The number of carbonyl (C=O) groups is 1. The van der Waals surface area contributed by atoms with Crippen LogP contribution in [0.5, 0.6) is 5.75 Å². The number of methoxy groups -OCH3 is 1. The van der Waals surface area contributed by atoms with Crippen LogP contribution in [0.25, 0.3) is 11.1 Å². The van der Waals surface area contributed by atoms with E-state index in [9.17, 15) is 4.79 Å². The average molecular weight is 527 g/mol. The molecule has 0 spiro atoms. The van der Waals surface area contributed by atoms with Crippen molar-refractivity contribution in [2.45, 2.75) is 52.2 Å². The Bertz CT molecular complexity index is 1270. The smallest absolute Gasteiger partial charge is 0.492 e. The molecule has 1 aliphatic heterocycles. The van der Waals surface area contributed by atoms with Crippen LogP contribution in [0.3, 0.4) is 0 Å². The minimum absolute atomic E-state index is 0.349. The number of hydrogen-bond donors (Lipinski definition) is 1. The van der Waals surface area contributed by atoms with E-state index in [1.54, 1.807) is 0 Å². The van der Waals surface area contributed by atoms with Gasteiger partial charge >= 0.3 is 13.2 Å². The summed E-state index contributed by atoms with van der Waals surface area (Å²) in [6.07, 6.45) is 0.400. The number of nitrogens with one attached hydrogen (secondary N) is 1. The van der Waals surface area contributed by atoms with Crippen LogP contribution >= 0.6 is 0 Å². The first-order valence-corrected chi connectivity index (χ1v) is 13.4. The average Bonchev–Trinajstić information content (AvgIpc) is 3.17. The Morgan fingerprint density at radius 2 is 1.38 bits per heavy atom. The van der Waals surface area contributed by atoms with Crippen molar-refractivity contribution < 1.29 is 23.6 Å². The summed E-state index contributed by atoms with van der Waals surface area (Å²) in [6.45, 7) is 11.2. The van der Waals surface area contributed by atoms with Crippen LogP contribution in [0.15, 0.2) is 78.9 Å². The number of alkyl carbamates (subject to hydrolysis) is 1. The first-order chi connectivity index (χ1) is 18.6. The lowest BCUT2D eigenvalue weighted by molar-refractivity contribution is 0.00578. The summed E-state index contributed by atoms with van der Waals surface area (Å²) in [5, 5.41) is 2.62. The molecule has 1 aliphatic rings. The fraction of sp³-hybridized carbons (Fsp3) is 0.344. The number of carbonyl (C=O) groups excluding carboxylic acids is 1. The van der Waals surface area contributed by atoms with Crippen molar-refractivity contribution in [2.75, 3.05) is 20.3 Å². The standard InChI is InChI=1S/C32H38BNO5/c1-7-28(23-11-9-8-10-12-23)29(25-15-19-27(20-16-25)37-22-21-34-30(35)36-6)24-13-17-26(18-14-24)33-38-31(2,3)32(4,5)39-33/h8-20H,7,21-22H2,1-6H3,(H,34,35). The SMILES string of the molecule is CCC(=C(c1ccc(OCCNC(=O)OC)cc1)c1ccc(B2OC(C)(C)C(C)(C)O2)cc1)c1ccccc1. The van der Waals surface area contributed by atoms with Gasteiger partial charge in [0.1, 0.15) is 12.4 Å². The minimum atomic E-state index is -0.471. The van der Waals surface area contributed by atoms with Crippen molar-refractivity contribution in [3.8, 4) is 5.75 Å². The molecule has 1 amide bonds. The Morgan fingerprint density at radius 1 is 0.821 bits per heavy atom. The zero-order chi connectivity index (χ0) is 28.0. The second-order valence-corrected chi connectivity index (χ2v) is 10.6. The zero-order valence-electron chi connectivity index (χ0n) is 23.7. The van der Waals surface area contributed by atoms with Gasteiger partial charge in [-0.3, -0.25) is 0 Å². The molecular weight excluding hydrogens is 489 g/mol. The van der Waals surface area contributed by atoms with Gasteiger partial charge in [0, 0.05) is 0 Å². The molecule has 0 bridgehead atoms. The number of rotatable bonds is 9. The number of amides is 1. The zero-order valence-corrected chi connectivity index (χ0v) is 23.7. The molecular formula is C32H38BNO5. The molecule has 1 saturated heterocycles. The topological polar surface area (TPSA) is 66.0 Å². The van der Waals surface area contributed by atoms with E-state index < -0.39 is 13.2 Å². The fourth-order valence-electron chi connectivity index (χ4n) is 4.58. The van der Waals surface area contributed by atoms with E-state index in [-0.39, 0.29) is 11.2 Å². The van der Waals surface area contributed by atoms with E-state index in [0.29, 0.717) is 13.2 Å². The molecule has 3 aromatic carbocycles. The van der Waals surface area contributed by atoms with Gasteiger partial charge in [-0.05, 0) is 79.5 Å². The second-order valence-electron chi connectivity index (χ2n) is 10.6. The van der Waals surface area contributed by atoms with Gasteiger partial charge < -0.3 is 24.1 Å². The van der Waals surface area contributed by atoms with Gasteiger partial charge in [0.15, 0.2) is 0 Å². The summed E-state index contributed by atoms with van der Waals surface area (Å²) in [4.78, 5) is 11.2. The van der Waals surface area contributed by atoms with Crippen LogP contribution in [0.4, 0.5) is 4.79 Å². The Balaban J connectivity index is 1.63. The fourth-order valence-corrected chi connectivity index (χ4v) is 4.58. The number of allylic oxidation sites excluding steroid dienone is 1. The monoisotopic (exact) mass is 527 g/mol. The van der Waals surface area contributed by atoms with Crippen LogP contribution in [0.1, 0.15) is 57.7 Å². The molecule has 0 radical (unpaired) electrons. The van der Waals surface area contributed by atoms with Gasteiger partial charge in [-0.1, -0.05) is 73.7 Å². The molecule has 1 fully saturated rings. The Morgan fingerprint density at radius 3 is 1.92 bits per heavy atom. The molecule has 0 saturated carbocycles. The number of ether oxygens (including phenoxy) is 2. The first-order valence-electron chi connectivity index (χ1n) is 13.4. The lowest BCUT2D eigenvalue weighted by Gasteiger charge is -2.32. The number of benzene rings is 3. The molecule has 0 aliphatic carbocycles. The highest BCUT2D eigenvalue weighted by Gasteiger charge is 2.51. The molecule has 1 N–H and O–H groups in total. The lowest BCUT2D eigenvalue weighted by atomic mass is 9.78. The molecule has 204 valence electrons.